The highest BCUT2D eigenvalue weighted by Crippen LogP contribution is 2.22. The maximum atomic E-state index is 11.1. The number of primary amides is 1. The Morgan fingerprint density at radius 1 is 1.47 bits per heavy atom. The molecule has 104 valence electrons. The predicted molar refractivity (Wildman–Crippen MR) is 76.1 cm³/mol. The molecule has 3 N–H and O–H groups in total. The molecule has 1 saturated heterocycles. The van der Waals surface area contributed by atoms with Gasteiger partial charge in [0.2, 0.25) is 0 Å². The van der Waals surface area contributed by atoms with E-state index < -0.39 is 5.91 Å². The summed E-state index contributed by atoms with van der Waals surface area (Å²) in [4.78, 5) is 17.7. The Labute approximate surface area is 114 Å². The molecule has 1 aromatic rings. The van der Waals surface area contributed by atoms with E-state index in [0.29, 0.717) is 17.7 Å². The minimum Gasteiger partial charge on any atom is -0.367 e. The lowest BCUT2D eigenvalue weighted by Gasteiger charge is -2.33. The first-order chi connectivity index (χ1) is 9.06. The predicted octanol–water partition coefficient (Wildman–Crippen LogP) is 1.32. The number of carbonyl (C=O) groups is 1. The van der Waals surface area contributed by atoms with Crippen molar-refractivity contribution in [3.05, 3.63) is 23.9 Å². The number of piperidine rings is 1. The number of anilines is 1. The van der Waals surface area contributed by atoms with Gasteiger partial charge in [-0.1, -0.05) is 6.07 Å². The molecular formula is C14H22N4O. The quantitative estimate of drug-likeness (QED) is 0.858. The van der Waals surface area contributed by atoms with Gasteiger partial charge in [-0.15, -0.1) is 0 Å². The molecule has 1 amide bonds. The topological polar surface area (TPSA) is 71.2 Å². The number of rotatable bonds is 4. The third-order valence-corrected chi connectivity index (χ3v) is 3.85. The second-order valence-corrected chi connectivity index (χ2v) is 5.35. The van der Waals surface area contributed by atoms with Crippen LogP contribution in [0.15, 0.2) is 18.2 Å². The van der Waals surface area contributed by atoms with Crippen LogP contribution in [0.25, 0.3) is 0 Å². The average Bonchev–Trinajstić information content (AvgIpc) is 2.39. The number of hydrogen-bond donors (Lipinski definition) is 2. The summed E-state index contributed by atoms with van der Waals surface area (Å²) in [6.45, 7) is 4.46. The van der Waals surface area contributed by atoms with Crippen LogP contribution in [0.4, 0.5) is 5.82 Å². The Kier molecular flexibility index (Phi) is 4.37. The number of aromatic nitrogens is 1. The lowest BCUT2D eigenvalue weighted by atomic mass is 9.90. The van der Waals surface area contributed by atoms with Gasteiger partial charge in [-0.2, -0.15) is 0 Å². The summed E-state index contributed by atoms with van der Waals surface area (Å²) < 4.78 is 0. The number of nitrogens with one attached hydrogen (secondary N) is 1. The molecule has 0 saturated carbocycles. The fraction of sp³-hybridized carbons (Fsp3) is 0.571. The molecule has 5 heteroatoms. The number of nitrogens with zero attached hydrogens (tertiary/aromatic N) is 2. The van der Waals surface area contributed by atoms with Crippen LogP contribution in [0, 0.1) is 5.92 Å². The van der Waals surface area contributed by atoms with Crippen LogP contribution in [0.3, 0.4) is 0 Å². The summed E-state index contributed by atoms with van der Waals surface area (Å²) in [6, 6.07) is 5.66. The summed E-state index contributed by atoms with van der Waals surface area (Å²) >= 11 is 0. The van der Waals surface area contributed by atoms with E-state index in [9.17, 15) is 4.79 Å². The van der Waals surface area contributed by atoms with E-state index in [2.05, 4.69) is 29.2 Å². The van der Waals surface area contributed by atoms with Gasteiger partial charge in [0.25, 0.3) is 5.91 Å². The van der Waals surface area contributed by atoms with Gasteiger partial charge in [-0.05, 0) is 58.0 Å². The van der Waals surface area contributed by atoms with Gasteiger partial charge in [0.15, 0.2) is 0 Å². The molecule has 0 aromatic carbocycles. The van der Waals surface area contributed by atoms with Gasteiger partial charge < -0.3 is 16.0 Å². The standard InChI is InChI=1S/C14H22N4O/c1-10(11-6-8-18(2)9-7-11)16-13-5-3-4-12(17-13)14(15)19/h3-5,10-11H,6-9H2,1-2H3,(H2,15,19)(H,16,17). The Morgan fingerprint density at radius 3 is 2.79 bits per heavy atom. The zero-order valence-corrected chi connectivity index (χ0v) is 11.6. The minimum absolute atomic E-state index is 0.306. The van der Waals surface area contributed by atoms with Crippen molar-refractivity contribution >= 4 is 11.7 Å². The third-order valence-electron chi connectivity index (χ3n) is 3.85. The molecule has 19 heavy (non-hydrogen) atoms. The third kappa shape index (κ3) is 3.67. The van der Waals surface area contributed by atoms with Crippen molar-refractivity contribution < 1.29 is 4.79 Å². The van der Waals surface area contributed by atoms with E-state index in [4.69, 9.17) is 5.73 Å². The van der Waals surface area contributed by atoms with Crippen LogP contribution in [0.1, 0.15) is 30.3 Å². The Bertz CT molecular complexity index is 441. The summed E-state index contributed by atoms with van der Waals surface area (Å²) in [5.74, 6) is 0.883. The molecule has 1 fully saturated rings. The molecule has 2 rings (SSSR count). The van der Waals surface area contributed by atoms with Gasteiger partial charge in [-0.25, -0.2) is 4.98 Å². The summed E-state index contributed by atoms with van der Waals surface area (Å²) in [5.41, 5.74) is 5.54. The molecule has 1 atom stereocenters. The number of amides is 1. The molecule has 0 bridgehead atoms. The first-order valence-corrected chi connectivity index (χ1v) is 6.78. The van der Waals surface area contributed by atoms with Crippen molar-refractivity contribution in [3.63, 3.8) is 0 Å². The first kappa shape index (κ1) is 13.8. The van der Waals surface area contributed by atoms with Crippen molar-refractivity contribution in [2.24, 2.45) is 11.7 Å². The molecule has 1 unspecified atom stereocenters. The van der Waals surface area contributed by atoms with E-state index >= 15 is 0 Å². The molecule has 2 heterocycles. The molecule has 1 aromatic heterocycles. The molecule has 1 aliphatic heterocycles. The Balaban J connectivity index is 1.96. The molecule has 1 aliphatic rings. The van der Waals surface area contributed by atoms with Gasteiger partial charge >= 0.3 is 0 Å². The van der Waals surface area contributed by atoms with Crippen molar-refractivity contribution in [2.75, 3.05) is 25.5 Å². The van der Waals surface area contributed by atoms with Crippen LogP contribution < -0.4 is 11.1 Å². The van der Waals surface area contributed by atoms with E-state index in [1.165, 1.54) is 12.8 Å². The largest absolute Gasteiger partial charge is 0.367 e. The second-order valence-electron chi connectivity index (χ2n) is 5.35. The van der Waals surface area contributed by atoms with Crippen molar-refractivity contribution in [1.29, 1.82) is 0 Å². The van der Waals surface area contributed by atoms with Crippen LogP contribution in [-0.4, -0.2) is 42.0 Å². The van der Waals surface area contributed by atoms with E-state index in [-0.39, 0.29) is 0 Å². The number of hydrogen-bond acceptors (Lipinski definition) is 4. The zero-order chi connectivity index (χ0) is 13.8. The van der Waals surface area contributed by atoms with E-state index in [1.807, 2.05) is 6.07 Å². The average molecular weight is 262 g/mol. The summed E-state index contributed by atoms with van der Waals surface area (Å²) in [5, 5.41) is 3.38. The highest BCUT2D eigenvalue weighted by molar-refractivity contribution is 5.91. The number of nitrogens with two attached hydrogens (primary N) is 1. The van der Waals surface area contributed by atoms with Crippen LogP contribution in [-0.2, 0) is 0 Å². The lowest BCUT2D eigenvalue weighted by molar-refractivity contribution is 0.0995. The van der Waals surface area contributed by atoms with Crippen molar-refractivity contribution in [2.45, 2.75) is 25.8 Å². The second kappa shape index (κ2) is 6.02. The minimum atomic E-state index is -0.490. The van der Waals surface area contributed by atoms with Gasteiger partial charge in [0, 0.05) is 6.04 Å². The maximum Gasteiger partial charge on any atom is 0.267 e. The normalized spacial score (nSPS) is 19.1. The smallest absolute Gasteiger partial charge is 0.267 e. The number of carbonyl (C=O) groups excluding carboxylic acids is 1. The first-order valence-electron chi connectivity index (χ1n) is 6.78. The fourth-order valence-electron chi connectivity index (χ4n) is 2.53. The Hall–Kier alpha value is -1.62. The van der Waals surface area contributed by atoms with E-state index in [1.54, 1.807) is 12.1 Å². The molecule has 0 radical (unpaired) electrons. The monoisotopic (exact) mass is 262 g/mol. The molecular weight excluding hydrogens is 240 g/mol. The molecule has 0 spiro atoms. The molecule has 5 nitrogen and oxygen atoms in total. The number of likely N-dealkylation sites (tertiary alicyclic amines) is 1. The van der Waals surface area contributed by atoms with Crippen LogP contribution in [0.2, 0.25) is 0 Å². The summed E-state index contributed by atoms with van der Waals surface area (Å²) in [7, 11) is 2.16. The highest BCUT2D eigenvalue weighted by Gasteiger charge is 2.22. The number of pyridine rings is 1. The Morgan fingerprint density at radius 2 is 2.16 bits per heavy atom. The maximum absolute atomic E-state index is 11.1. The van der Waals surface area contributed by atoms with Gasteiger partial charge in [0.05, 0.1) is 0 Å². The highest BCUT2D eigenvalue weighted by atomic mass is 16.1. The van der Waals surface area contributed by atoms with Gasteiger partial charge in [0.1, 0.15) is 11.5 Å². The fourth-order valence-corrected chi connectivity index (χ4v) is 2.53. The summed E-state index contributed by atoms with van der Waals surface area (Å²) in [6.07, 6.45) is 2.39. The zero-order valence-electron chi connectivity index (χ0n) is 11.6. The van der Waals surface area contributed by atoms with E-state index in [0.717, 1.165) is 18.9 Å². The SMILES string of the molecule is CC(Nc1cccc(C(N)=O)n1)C1CCN(C)CC1. The lowest BCUT2D eigenvalue weighted by Crippen LogP contribution is -2.37. The molecule has 0 aliphatic carbocycles. The van der Waals surface area contributed by atoms with Crippen LogP contribution >= 0.6 is 0 Å². The van der Waals surface area contributed by atoms with Crippen molar-refractivity contribution in [3.8, 4) is 0 Å². The van der Waals surface area contributed by atoms with Crippen molar-refractivity contribution in [1.82, 2.24) is 9.88 Å². The van der Waals surface area contributed by atoms with Crippen LogP contribution in [0.5, 0.6) is 0 Å². The van der Waals surface area contributed by atoms with Gasteiger partial charge in [-0.3, -0.25) is 4.79 Å².